The third-order valence-corrected chi connectivity index (χ3v) is 3.27. The van der Waals surface area contributed by atoms with E-state index in [0.717, 1.165) is 29.9 Å². The van der Waals surface area contributed by atoms with Crippen LogP contribution in [0.1, 0.15) is 41.9 Å². The highest BCUT2D eigenvalue weighted by Crippen LogP contribution is 2.24. The molecule has 1 unspecified atom stereocenters. The van der Waals surface area contributed by atoms with Crippen LogP contribution in [0.5, 0.6) is 0 Å². The number of hydrogen-bond acceptors (Lipinski definition) is 2. The molecule has 1 heterocycles. The maximum Gasteiger partial charge on any atom is 0.128 e. The Bertz CT molecular complexity index is 581. The monoisotopic (exact) mass is 272 g/mol. The highest BCUT2D eigenvalue weighted by molar-refractivity contribution is 5.32. The van der Waals surface area contributed by atoms with Gasteiger partial charge >= 0.3 is 0 Å². The van der Waals surface area contributed by atoms with E-state index in [4.69, 9.17) is 0 Å². The van der Waals surface area contributed by atoms with Gasteiger partial charge in [0.25, 0.3) is 0 Å². The molecule has 2 aromatic rings. The van der Waals surface area contributed by atoms with Crippen LogP contribution in [0.3, 0.4) is 0 Å². The second kappa shape index (κ2) is 6.62. The lowest BCUT2D eigenvalue weighted by molar-refractivity contribution is 0.538. The van der Waals surface area contributed by atoms with Crippen LogP contribution in [0.2, 0.25) is 0 Å². The van der Waals surface area contributed by atoms with E-state index in [1.165, 1.54) is 6.07 Å². The summed E-state index contributed by atoms with van der Waals surface area (Å²) in [5, 5.41) is 3.39. The number of pyridine rings is 1. The minimum atomic E-state index is -0.199. The van der Waals surface area contributed by atoms with E-state index in [2.05, 4.69) is 17.2 Å². The van der Waals surface area contributed by atoms with Crippen LogP contribution < -0.4 is 5.32 Å². The van der Waals surface area contributed by atoms with Gasteiger partial charge in [-0.25, -0.2) is 4.39 Å². The summed E-state index contributed by atoms with van der Waals surface area (Å²) in [6.07, 6.45) is 0.996. The molecular weight excluding hydrogens is 251 g/mol. The van der Waals surface area contributed by atoms with Gasteiger partial charge in [0.05, 0.1) is 11.7 Å². The first-order valence-electron chi connectivity index (χ1n) is 7.04. The molecule has 0 aliphatic carbocycles. The second-order valence-electron chi connectivity index (χ2n) is 5.12. The van der Waals surface area contributed by atoms with Crippen molar-refractivity contribution in [3.8, 4) is 0 Å². The Morgan fingerprint density at radius 2 is 2.00 bits per heavy atom. The summed E-state index contributed by atoms with van der Waals surface area (Å²) in [4.78, 5) is 4.54. The molecule has 2 rings (SSSR count). The topological polar surface area (TPSA) is 24.9 Å². The summed E-state index contributed by atoms with van der Waals surface area (Å²) in [5.74, 6) is -0.187. The van der Waals surface area contributed by atoms with Gasteiger partial charge in [-0.3, -0.25) is 4.98 Å². The Morgan fingerprint density at radius 1 is 1.20 bits per heavy atom. The lowest BCUT2D eigenvalue weighted by Crippen LogP contribution is -2.25. The Balaban J connectivity index is 2.44. The molecule has 0 fully saturated rings. The van der Waals surface area contributed by atoms with Crippen LogP contribution in [0, 0.1) is 19.7 Å². The van der Waals surface area contributed by atoms with E-state index >= 15 is 0 Å². The molecule has 0 radical (unpaired) electrons. The van der Waals surface area contributed by atoms with Crippen LogP contribution in [0.4, 0.5) is 4.39 Å². The lowest BCUT2D eigenvalue weighted by Gasteiger charge is -2.20. The number of rotatable bonds is 5. The van der Waals surface area contributed by atoms with E-state index in [1.54, 1.807) is 6.07 Å². The smallest absolute Gasteiger partial charge is 0.128 e. The van der Waals surface area contributed by atoms with E-state index < -0.39 is 0 Å². The first kappa shape index (κ1) is 14.7. The molecule has 2 nitrogen and oxygen atoms in total. The zero-order valence-corrected chi connectivity index (χ0v) is 12.3. The molecule has 20 heavy (non-hydrogen) atoms. The Kier molecular flexibility index (Phi) is 4.85. The average Bonchev–Trinajstić information content (AvgIpc) is 2.43. The second-order valence-corrected chi connectivity index (χ2v) is 5.12. The Labute approximate surface area is 120 Å². The summed E-state index contributed by atoms with van der Waals surface area (Å²) in [6, 6.07) is 10.9. The average molecular weight is 272 g/mol. The van der Waals surface area contributed by atoms with Crippen molar-refractivity contribution in [1.82, 2.24) is 10.3 Å². The fraction of sp³-hybridized carbons (Fsp3) is 0.353. The maximum atomic E-state index is 14.2. The third kappa shape index (κ3) is 3.42. The summed E-state index contributed by atoms with van der Waals surface area (Å²) in [7, 11) is 0. The predicted octanol–water partition coefficient (Wildman–Crippen LogP) is 3.93. The minimum absolute atomic E-state index is 0.187. The van der Waals surface area contributed by atoms with Crippen LogP contribution in [0.15, 0.2) is 36.4 Å². The van der Waals surface area contributed by atoms with Crippen molar-refractivity contribution in [3.05, 3.63) is 64.7 Å². The molecule has 1 aromatic heterocycles. The van der Waals surface area contributed by atoms with Gasteiger partial charge in [0.15, 0.2) is 0 Å². The third-order valence-electron chi connectivity index (χ3n) is 3.27. The van der Waals surface area contributed by atoms with Gasteiger partial charge < -0.3 is 5.32 Å². The van der Waals surface area contributed by atoms with Gasteiger partial charge in [0.2, 0.25) is 0 Å². The molecule has 106 valence electrons. The molecule has 0 aliphatic rings. The van der Waals surface area contributed by atoms with Crippen LogP contribution in [0.25, 0.3) is 0 Å². The van der Waals surface area contributed by atoms with Crippen molar-refractivity contribution in [2.24, 2.45) is 0 Å². The van der Waals surface area contributed by atoms with E-state index in [-0.39, 0.29) is 11.9 Å². The molecule has 1 N–H and O–H groups in total. The van der Waals surface area contributed by atoms with Gasteiger partial charge in [-0.15, -0.1) is 0 Å². The van der Waals surface area contributed by atoms with Gasteiger partial charge in [-0.1, -0.05) is 30.7 Å². The quantitative estimate of drug-likeness (QED) is 0.892. The van der Waals surface area contributed by atoms with Gasteiger partial charge in [0.1, 0.15) is 5.82 Å². The molecule has 1 atom stereocenters. The van der Waals surface area contributed by atoms with Crippen LogP contribution >= 0.6 is 0 Å². The maximum absolute atomic E-state index is 14.2. The molecule has 3 heteroatoms. The van der Waals surface area contributed by atoms with E-state index in [0.29, 0.717) is 5.56 Å². The minimum Gasteiger partial charge on any atom is -0.305 e. The molecule has 0 aliphatic heterocycles. The van der Waals surface area contributed by atoms with Gasteiger partial charge in [0, 0.05) is 11.3 Å². The van der Waals surface area contributed by atoms with Crippen molar-refractivity contribution in [1.29, 1.82) is 0 Å². The first-order valence-corrected chi connectivity index (χ1v) is 7.04. The molecule has 1 aromatic carbocycles. The Morgan fingerprint density at radius 3 is 2.70 bits per heavy atom. The zero-order chi connectivity index (χ0) is 14.5. The highest BCUT2D eigenvalue weighted by Gasteiger charge is 2.18. The summed E-state index contributed by atoms with van der Waals surface area (Å²) in [5.41, 5.74) is 3.52. The normalized spacial score (nSPS) is 12.4. The Hall–Kier alpha value is -1.74. The molecule has 0 spiro atoms. The molecular formula is C17H21FN2. The van der Waals surface area contributed by atoms with E-state index in [9.17, 15) is 4.39 Å². The highest BCUT2D eigenvalue weighted by atomic mass is 19.1. The SMILES string of the molecule is CCCNC(c1cccc(C)n1)c1cc(C)ccc1F. The summed E-state index contributed by atoms with van der Waals surface area (Å²) >= 11 is 0. The van der Waals surface area contributed by atoms with Gasteiger partial charge in [-0.2, -0.15) is 0 Å². The zero-order valence-electron chi connectivity index (χ0n) is 12.3. The summed E-state index contributed by atoms with van der Waals surface area (Å²) < 4.78 is 14.2. The summed E-state index contributed by atoms with van der Waals surface area (Å²) in [6.45, 7) is 6.85. The number of nitrogens with one attached hydrogen (secondary N) is 1. The number of halogens is 1. The van der Waals surface area contributed by atoms with Crippen LogP contribution in [-0.2, 0) is 0 Å². The predicted molar refractivity (Wildman–Crippen MR) is 80.2 cm³/mol. The molecule has 0 bridgehead atoms. The number of aromatic nitrogens is 1. The van der Waals surface area contributed by atoms with Crippen molar-refractivity contribution in [2.75, 3.05) is 6.54 Å². The van der Waals surface area contributed by atoms with Crippen molar-refractivity contribution >= 4 is 0 Å². The molecule has 0 amide bonds. The lowest BCUT2D eigenvalue weighted by atomic mass is 10.00. The molecule has 0 saturated heterocycles. The van der Waals surface area contributed by atoms with Crippen molar-refractivity contribution in [3.63, 3.8) is 0 Å². The largest absolute Gasteiger partial charge is 0.305 e. The standard InChI is InChI=1S/C17H21FN2/c1-4-10-19-17(16-7-5-6-13(3)20-16)14-11-12(2)8-9-15(14)18/h5-9,11,17,19H,4,10H2,1-3H3. The van der Waals surface area contributed by atoms with E-state index in [1.807, 2.05) is 38.1 Å². The number of aryl methyl sites for hydroxylation is 2. The van der Waals surface area contributed by atoms with Gasteiger partial charge in [-0.05, 0) is 45.0 Å². The van der Waals surface area contributed by atoms with Crippen LogP contribution in [-0.4, -0.2) is 11.5 Å². The number of nitrogens with zero attached hydrogens (tertiary/aromatic N) is 1. The first-order chi connectivity index (χ1) is 9.61. The fourth-order valence-electron chi connectivity index (χ4n) is 2.27. The van der Waals surface area contributed by atoms with Crippen molar-refractivity contribution < 1.29 is 4.39 Å². The van der Waals surface area contributed by atoms with Crippen molar-refractivity contribution in [2.45, 2.75) is 33.2 Å². The number of benzene rings is 1. The number of hydrogen-bond donors (Lipinski definition) is 1. The molecule has 0 saturated carbocycles. The fourth-order valence-corrected chi connectivity index (χ4v) is 2.27.